The van der Waals surface area contributed by atoms with Crippen molar-refractivity contribution >= 4 is 23.1 Å². The van der Waals surface area contributed by atoms with Gasteiger partial charge in [-0.2, -0.15) is 5.10 Å². The molecule has 3 heteroatoms. The van der Waals surface area contributed by atoms with Gasteiger partial charge in [-0.1, -0.05) is 110 Å². The van der Waals surface area contributed by atoms with Crippen molar-refractivity contribution in [3.05, 3.63) is 124 Å². The zero-order valence-electron chi connectivity index (χ0n) is 23.1. The Balaban J connectivity index is 1.62. The van der Waals surface area contributed by atoms with Gasteiger partial charge < -0.3 is 0 Å². The molecule has 2 nitrogen and oxygen atoms in total. The Bertz CT molecular complexity index is 1490. The molecule has 0 bridgehead atoms. The monoisotopic (exact) mass is 482 g/mol. The lowest BCUT2D eigenvalue weighted by Crippen LogP contribution is -2.55. The molecule has 5 rings (SSSR count). The third-order valence-corrected chi connectivity index (χ3v) is 7.45. The summed E-state index contributed by atoms with van der Waals surface area (Å²) in [4.78, 5) is 0. The summed E-state index contributed by atoms with van der Waals surface area (Å²) in [5, 5.41) is 4.49. The molecule has 0 aliphatic carbocycles. The molecule has 0 fully saturated rings. The van der Waals surface area contributed by atoms with Gasteiger partial charge in [0.25, 0.3) is 0 Å². The first-order valence-corrected chi connectivity index (χ1v) is 13.1. The van der Waals surface area contributed by atoms with Crippen molar-refractivity contribution in [2.75, 3.05) is 0 Å². The molecule has 0 saturated carbocycles. The number of nitrogens with zero attached hydrogens (tertiary/aromatic N) is 2. The van der Waals surface area contributed by atoms with Crippen LogP contribution in [0.5, 0.6) is 0 Å². The van der Waals surface area contributed by atoms with E-state index < -0.39 is 0 Å². The fraction of sp³-hybridized carbons (Fsp3) is 0.206. The van der Waals surface area contributed by atoms with Crippen molar-refractivity contribution in [3.63, 3.8) is 0 Å². The van der Waals surface area contributed by atoms with Crippen LogP contribution < -0.4 is 16.4 Å². The molecule has 0 saturated heterocycles. The first kappa shape index (κ1) is 24.8. The van der Waals surface area contributed by atoms with Crippen molar-refractivity contribution in [3.8, 4) is 16.8 Å². The van der Waals surface area contributed by atoms with Gasteiger partial charge in [0.2, 0.25) is 6.71 Å². The summed E-state index contributed by atoms with van der Waals surface area (Å²) in [6.45, 7) is 15.7. The standard InChI is InChI=1S/C34H35BN2/c1-22-15-25(4)33(26(5)16-22)35(34-27(6)17-23(2)18-28(34)7)31-13-11-29(12-14-31)30-9-8-10-32(19-30)37-21-24(3)20-36-37/h8-21H,1-7H3. The van der Waals surface area contributed by atoms with E-state index in [1.807, 2.05) is 10.9 Å². The summed E-state index contributed by atoms with van der Waals surface area (Å²) < 4.78 is 1.94. The third-order valence-electron chi connectivity index (χ3n) is 7.45. The fourth-order valence-corrected chi connectivity index (χ4v) is 6.02. The quantitative estimate of drug-likeness (QED) is 0.272. The van der Waals surface area contributed by atoms with Crippen LogP contribution in [0, 0.1) is 48.5 Å². The van der Waals surface area contributed by atoms with E-state index >= 15 is 0 Å². The smallest absolute Gasteiger partial charge is 0.241 e. The number of aryl methyl sites for hydroxylation is 7. The largest absolute Gasteiger partial charge is 0.242 e. The molecule has 0 radical (unpaired) electrons. The van der Waals surface area contributed by atoms with Crippen molar-refractivity contribution in [1.29, 1.82) is 0 Å². The maximum Gasteiger partial charge on any atom is 0.242 e. The third kappa shape index (κ3) is 4.91. The zero-order chi connectivity index (χ0) is 26.3. The first-order chi connectivity index (χ1) is 17.7. The van der Waals surface area contributed by atoms with Crippen LogP contribution in [0.15, 0.2) is 85.2 Å². The predicted molar refractivity (Wildman–Crippen MR) is 160 cm³/mol. The van der Waals surface area contributed by atoms with Gasteiger partial charge in [-0.05, 0) is 77.3 Å². The van der Waals surface area contributed by atoms with E-state index in [-0.39, 0.29) is 6.71 Å². The Morgan fingerprint density at radius 3 is 1.59 bits per heavy atom. The molecule has 0 aliphatic heterocycles. The van der Waals surface area contributed by atoms with E-state index in [1.165, 1.54) is 60.9 Å². The zero-order valence-corrected chi connectivity index (χ0v) is 23.1. The lowest BCUT2D eigenvalue weighted by molar-refractivity contribution is 0.880. The molecule has 0 amide bonds. The molecular weight excluding hydrogens is 447 g/mol. The molecular formula is C34H35BN2. The average molecular weight is 482 g/mol. The van der Waals surface area contributed by atoms with E-state index in [9.17, 15) is 0 Å². The average Bonchev–Trinajstić information content (AvgIpc) is 3.28. The van der Waals surface area contributed by atoms with Crippen molar-refractivity contribution < 1.29 is 0 Å². The van der Waals surface area contributed by atoms with Gasteiger partial charge in [0.15, 0.2) is 0 Å². The summed E-state index contributed by atoms with van der Waals surface area (Å²) in [7, 11) is 0. The molecule has 0 atom stereocenters. The summed E-state index contributed by atoms with van der Waals surface area (Å²) >= 11 is 0. The van der Waals surface area contributed by atoms with Crippen LogP contribution in [0.25, 0.3) is 16.8 Å². The number of rotatable bonds is 5. The van der Waals surface area contributed by atoms with Crippen molar-refractivity contribution in [2.45, 2.75) is 48.5 Å². The van der Waals surface area contributed by atoms with Crippen LogP contribution in [0.1, 0.15) is 38.9 Å². The maximum absolute atomic E-state index is 4.49. The van der Waals surface area contributed by atoms with Gasteiger partial charge >= 0.3 is 0 Å². The number of aromatic nitrogens is 2. The Hall–Kier alpha value is -3.85. The molecule has 0 aliphatic rings. The van der Waals surface area contributed by atoms with Gasteiger partial charge in [0.1, 0.15) is 0 Å². The van der Waals surface area contributed by atoms with Crippen LogP contribution in [0.4, 0.5) is 0 Å². The normalized spacial score (nSPS) is 11.1. The van der Waals surface area contributed by atoms with Gasteiger partial charge in [-0.3, -0.25) is 0 Å². The lowest BCUT2D eigenvalue weighted by atomic mass is 9.34. The van der Waals surface area contributed by atoms with E-state index in [1.54, 1.807) is 0 Å². The molecule has 0 N–H and O–H groups in total. The van der Waals surface area contributed by atoms with Crippen LogP contribution in [-0.4, -0.2) is 16.5 Å². The second kappa shape index (κ2) is 9.90. The molecule has 37 heavy (non-hydrogen) atoms. The highest BCUT2D eigenvalue weighted by Crippen LogP contribution is 2.22. The van der Waals surface area contributed by atoms with Crippen LogP contribution in [0.3, 0.4) is 0 Å². The van der Waals surface area contributed by atoms with Crippen LogP contribution in [-0.2, 0) is 0 Å². The van der Waals surface area contributed by atoms with Gasteiger partial charge in [-0.15, -0.1) is 0 Å². The summed E-state index contributed by atoms with van der Waals surface area (Å²) in [6.07, 6.45) is 3.96. The Morgan fingerprint density at radius 2 is 1.11 bits per heavy atom. The molecule has 1 heterocycles. The summed E-state index contributed by atoms with van der Waals surface area (Å²) in [6, 6.07) is 27.1. The SMILES string of the molecule is Cc1cc(C)c(B(c2ccc(-c3cccc(-n4cc(C)cn4)c3)cc2)c2c(C)cc(C)cc2C)c(C)c1. The first-order valence-electron chi connectivity index (χ1n) is 13.1. The minimum Gasteiger partial charge on any atom is -0.241 e. The van der Waals surface area contributed by atoms with Gasteiger partial charge in [0.05, 0.1) is 11.9 Å². The summed E-state index contributed by atoms with van der Waals surface area (Å²) in [5.41, 5.74) is 16.9. The highest BCUT2D eigenvalue weighted by Gasteiger charge is 2.28. The van der Waals surface area contributed by atoms with E-state index in [0.717, 1.165) is 11.3 Å². The Kier molecular flexibility index (Phi) is 6.64. The Morgan fingerprint density at radius 1 is 0.568 bits per heavy atom. The molecule has 1 aromatic heterocycles. The second-order valence-corrected chi connectivity index (χ2v) is 10.7. The molecule has 4 aromatic carbocycles. The second-order valence-electron chi connectivity index (χ2n) is 10.7. The van der Waals surface area contributed by atoms with E-state index in [0.29, 0.717) is 0 Å². The van der Waals surface area contributed by atoms with E-state index in [4.69, 9.17) is 0 Å². The highest BCUT2D eigenvalue weighted by molar-refractivity contribution is 6.96. The number of hydrogen-bond donors (Lipinski definition) is 0. The lowest BCUT2D eigenvalue weighted by Gasteiger charge is -2.24. The van der Waals surface area contributed by atoms with Crippen LogP contribution >= 0.6 is 0 Å². The fourth-order valence-electron chi connectivity index (χ4n) is 6.02. The molecule has 0 unspecified atom stereocenters. The van der Waals surface area contributed by atoms with E-state index in [2.05, 4.69) is 133 Å². The number of hydrogen-bond acceptors (Lipinski definition) is 1. The topological polar surface area (TPSA) is 17.8 Å². The minimum absolute atomic E-state index is 0.189. The van der Waals surface area contributed by atoms with Gasteiger partial charge in [0, 0.05) is 6.20 Å². The predicted octanol–water partition coefficient (Wildman–Crippen LogP) is 6.21. The van der Waals surface area contributed by atoms with Gasteiger partial charge in [-0.25, -0.2) is 4.68 Å². The van der Waals surface area contributed by atoms with Crippen LogP contribution in [0.2, 0.25) is 0 Å². The Labute approximate surface area is 222 Å². The van der Waals surface area contributed by atoms with Crippen molar-refractivity contribution in [2.24, 2.45) is 0 Å². The molecule has 5 aromatic rings. The number of benzene rings is 4. The van der Waals surface area contributed by atoms with Crippen molar-refractivity contribution in [1.82, 2.24) is 9.78 Å². The summed E-state index contributed by atoms with van der Waals surface area (Å²) in [5.74, 6) is 0. The molecule has 184 valence electrons. The highest BCUT2D eigenvalue weighted by atomic mass is 15.3. The minimum atomic E-state index is 0.189. The molecule has 0 spiro atoms. The maximum atomic E-state index is 4.49.